The maximum Gasteiger partial charge on any atom is 0.0621 e. The third-order valence-electron chi connectivity index (χ3n) is 3.63. The fourth-order valence-corrected chi connectivity index (χ4v) is 2.45. The van der Waals surface area contributed by atoms with Gasteiger partial charge in [-0.15, -0.1) is 0 Å². The first kappa shape index (κ1) is 15.0. The Morgan fingerprint density at radius 1 is 1.06 bits per heavy atom. The van der Waals surface area contributed by atoms with Crippen LogP contribution in [0.5, 0.6) is 0 Å². The van der Waals surface area contributed by atoms with Crippen molar-refractivity contribution in [3.63, 3.8) is 0 Å². The highest BCUT2D eigenvalue weighted by atomic mass is 14.2. The molecule has 0 aromatic carbocycles. The predicted octanol–water partition coefficient (Wildman–Crippen LogP) is 5.54. The van der Waals surface area contributed by atoms with E-state index in [1.807, 2.05) is 0 Å². The molecule has 0 aromatic rings. The van der Waals surface area contributed by atoms with E-state index >= 15 is 0 Å². The van der Waals surface area contributed by atoms with Gasteiger partial charge in [-0.25, -0.2) is 0 Å². The molecule has 1 nitrogen and oxygen atoms in total. The van der Waals surface area contributed by atoms with E-state index in [9.17, 15) is 0 Å². The molecule has 0 aromatic heterocycles. The zero-order valence-electron chi connectivity index (χ0n) is 11.6. The summed E-state index contributed by atoms with van der Waals surface area (Å²) in [7, 11) is 0. The van der Waals surface area contributed by atoms with E-state index in [0.29, 0.717) is 0 Å². The number of rotatable bonds is 9. The van der Waals surface area contributed by atoms with Gasteiger partial charge in [0.2, 0.25) is 0 Å². The summed E-state index contributed by atoms with van der Waals surface area (Å²) in [5, 5.41) is 8.41. The molecule has 0 fully saturated rings. The van der Waals surface area contributed by atoms with Gasteiger partial charge in [-0.05, 0) is 44.4 Å². The van der Waals surface area contributed by atoms with Crippen LogP contribution >= 0.6 is 0 Å². The van der Waals surface area contributed by atoms with Gasteiger partial charge in [0.05, 0.1) is 6.07 Å². The van der Waals surface area contributed by atoms with Gasteiger partial charge in [0, 0.05) is 6.42 Å². The fraction of sp³-hybridized carbons (Fsp3) is 0.706. The highest BCUT2D eigenvalue weighted by molar-refractivity contribution is 4.98. The standard InChI is InChI=1S/C17H27N/c18-16-12-7-5-3-1-2-4-6-9-13-17-14-10-8-11-15-17/h8-10,13,17H,1-7,11-12,14-15H2/b13-9+/t17-/m0/s1. The summed E-state index contributed by atoms with van der Waals surface area (Å²) in [5.74, 6) is 0.806. The smallest absolute Gasteiger partial charge is 0.0621 e. The van der Waals surface area contributed by atoms with Crippen molar-refractivity contribution in [2.75, 3.05) is 0 Å². The zero-order valence-corrected chi connectivity index (χ0v) is 11.6. The van der Waals surface area contributed by atoms with E-state index in [4.69, 9.17) is 5.26 Å². The van der Waals surface area contributed by atoms with Gasteiger partial charge in [0.25, 0.3) is 0 Å². The van der Waals surface area contributed by atoms with Crippen LogP contribution in [0.4, 0.5) is 0 Å². The molecule has 1 rings (SSSR count). The molecule has 0 N–H and O–H groups in total. The van der Waals surface area contributed by atoms with Crippen molar-refractivity contribution in [2.24, 2.45) is 5.92 Å². The maximum atomic E-state index is 8.41. The second-order valence-electron chi connectivity index (χ2n) is 5.29. The van der Waals surface area contributed by atoms with Crippen molar-refractivity contribution in [1.29, 1.82) is 5.26 Å². The molecule has 18 heavy (non-hydrogen) atoms. The Labute approximate surface area is 113 Å². The van der Waals surface area contributed by atoms with Crippen molar-refractivity contribution < 1.29 is 0 Å². The SMILES string of the molecule is N#CCCCCCCCC/C=C/[C@H]1CC=CCC1. The minimum Gasteiger partial charge on any atom is -0.198 e. The fourth-order valence-electron chi connectivity index (χ4n) is 2.45. The molecule has 0 amide bonds. The predicted molar refractivity (Wildman–Crippen MR) is 78.2 cm³/mol. The molecule has 1 aliphatic rings. The first-order chi connectivity index (χ1) is 8.93. The molecule has 100 valence electrons. The summed E-state index contributed by atoms with van der Waals surface area (Å²) < 4.78 is 0. The number of nitriles is 1. The van der Waals surface area contributed by atoms with Crippen molar-refractivity contribution >= 4 is 0 Å². The maximum absolute atomic E-state index is 8.41. The second-order valence-corrected chi connectivity index (χ2v) is 5.29. The van der Waals surface area contributed by atoms with Crippen LogP contribution in [0.2, 0.25) is 0 Å². The van der Waals surface area contributed by atoms with E-state index in [2.05, 4.69) is 30.4 Å². The van der Waals surface area contributed by atoms with Crippen molar-refractivity contribution in [1.82, 2.24) is 0 Å². The molecule has 0 aliphatic heterocycles. The van der Waals surface area contributed by atoms with E-state index in [0.717, 1.165) is 18.8 Å². The van der Waals surface area contributed by atoms with Crippen LogP contribution in [-0.4, -0.2) is 0 Å². The summed E-state index contributed by atoms with van der Waals surface area (Å²) in [6, 6.07) is 2.20. The summed E-state index contributed by atoms with van der Waals surface area (Å²) in [4.78, 5) is 0. The minimum atomic E-state index is 0.735. The molecule has 1 aliphatic carbocycles. The van der Waals surface area contributed by atoms with Gasteiger partial charge in [-0.1, -0.05) is 50.0 Å². The molecule has 0 bridgehead atoms. The number of nitrogens with zero attached hydrogens (tertiary/aromatic N) is 1. The summed E-state index contributed by atoms with van der Waals surface area (Å²) in [5.41, 5.74) is 0. The van der Waals surface area contributed by atoms with Crippen molar-refractivity contribution in [3.8, 4) is 6.07 Å². The van der Waals surface area contributed by atoms with Gasteiger partial charge >= 0.3 is 0 Å². The third-order valence-corrected chi connectivity index (χ3v) is 3.63. The lowest BCUT2D eigenvalue weighted by Gasteiger charge is -2.12. The van der Waals surface area contributed by atoms with Crippen LogP contribution in [-0.2, 0) is 0 Å². The van der Waals surface area contributed by atoms with Crippen molar-refractivity contribution in [2.45, 2.75) is 70.6 Å². The largest absolute Gasteiger partial charge is 0.198 e. The zero-order chi connectivity index (χ0) is 12.9. The lowest BCUT2D eigenvalue weighted by molar-refractivity contribution is 0.577. The molecule has 0 radical (unpaired) electrons. The quantitative estimate of drug-likeness (QED) is 0.386. The molecule has 0 saturated carbocycles. The van der Waals surface area contributed by atoms with Crippen LogP contribution < -0.4 is 0 Å². The Kier molecular flexibility index (Phi) is 9.25. The monoisotopic (exact) mass is 245 g/mol. The number of hydrogen-bond donors (Lipinski definition) is 0. The van der Waals surface area contributed by atoms with E-state index in [1.54, 1.807) is 0 Å². The average molecular weight is 245 g/mol. The molecular formula is C17H27N. The number of unbranched alkanes of at least 4 members (excludes halogenated alkanes) is 7. The topological polar surface area (TPSA) is 23.8 Å². The second kappa shape index (κ2) is 11.1. The molecule has 1 atom stereocenters. The molecule has 0 unspecified atom stereocenters. The molecule has 0 heterocycles. The van der Waals surface area contributed by atoms with E-state index < -0.39 is 0 Å². The van der Waals surface area contributed by atoms with Gasteiger partial charge in [-0.2, -0.15) is 5.26 Å². The van der Waals surface area contributed by atoms with Crippen molar-refractivity contribution in [3.05, 3.63) is 24.3 Å². The van der Waals surface area contributed by atoms with Gasteiger partial charge in [0.1, 0.15) is 0 Å². The Balaban J connectivity index is 1.85. The normalized spacial score (nSPS) is 19.2. The molecule has 1 heteroatoms. The molecule has 0 saturated heterocycles. The summed E-state index contributed by atoms with van der Waals surface area (Å²) in [6.07, 6.45) is 22.9. The lowest BCUT2D eigenvalue weighted by Crippen LogP contribution is -1.97. The number of allylic oxidation sites excluding steroid dienone is 4. The summed E-state index contributed by atoms with van der Waals surface area (Å²) >= 11 is 0. The van der Waals surface area contributed by atoms with Gasteiger partial charge in [0.15, 0.2) is 0 Å². The minimum absolute atomic E-state index is 0.735. The van der Waals surface area contributed by atoms with Crippen LogP contribution in [0.25, 0.3) is 0 Å². The molecular weight excluding hydrogens is 218 g/mol. The first-order valence-corrected chi connectivity index (χ1v) is 7.62. The Morgan fingerprint density at radius 2 is 1.83 bits per heavy atom. The Morgan fingerprint density at radius 3 is 2.56 bits per heavy atom. The average Bonchev–Trinajstić information content (AvgIpc) is 2.42. The van der Waals surface area contributed by atoms with E-state index in [-0.39, 0.29) is 0 Å². The van der Waals surface area contributed by atoms with E-state index in [1.165, 1.54) is 57.8 Å². The van der Waals surface area contributed by atoms with Crippen LogP contribution in [0.1, 0.15) is 70.6 Å². The highest BCUT2D eigenvalue weighted by Crippen LogP contribution is 2.19. The van der Waals surface area contributed by atoms with Gasteiger partial charge < -0.3 is 0 Å². The van der Waals surface area contributed by atoms with Crippen LogP contribution in [0.3, 0.4) is 0 Å². The Bertz CT molecular complexity index is 282. The first-order valence-electron chi connectivity index (χ1n) is 7.62. The Hall–Kier alpha value is -1.03. The number of hydrogen-bond acceptors (Lipinski definition) is 1. The van der Waals surface area contributed by atoms with Gasteiger partial charge in [-0.3, -0.25) is 0 Å². The lowest BCUT2D eigenvalue weighted by atomic mass is 9.94. The molecule has 0 spiro atoms. The highest BCUT2D eigenvalue weighted by Gasteiger charge is 2.04. The third kappa shape index (κ3) is 8.12. The van der Waals surface area contributed by atoms with Crippen LogP contribution in [0, 0.1) is 17.2 Å². The van der Waals surface area contributed by atoms with Crippen LogP contribution in [0.15, 0.2) is 24.3 Å². The summed E-state index contributed by atoms with van der Waals surface area (Å²) in [6.45, 7) is 0.